The Labute approximate surface area is 213 Å². The topological polar surface area (TPSA) is 87.3 Å². The van der Waals surface area contributed by atoms with Crippen molar-refractivity contribution in [1.82, 2.24) is 20.2 Å². The van der Waals surface area contributed by atoms with Gasteiger partial charge in [0.2, 0.25) is 5.91 Å². The number of likely N-dealkylation sites (tertiary alicyclic amines) is 1. The van der Waals surface area contributed by atoms with Crippen LogP contribution in [-0.4, -0.2) is 46.6 Å². The fourth-order valence-corrected chi connectivity index (χ4v) is 7.61. The van der Waals surface area contributed by atoms with Crippen LogP contribution in [0.3, 0.4) is 0 Å². The number of H-pyrrole nitrogens is 1. The Hall–Kier alpha value is -2.43. The summed E-state index contributed by atoms with van der Waals surface area (Å²) < 4.78 is 8.41. The van der Waals surface area contributed by atoms with Crippen molar-refractivity contribution in [3.8, 4) is 11.1 Å². The largest absolute Gasteiger partial charge is 0.453 e. The lowest BCUT2D eigenvalue weighted by molar-refractivity contribution is -0.135. The number of aromatic amines is 1. The second-order valence-corrected chi connectivity index (χ2v) is 11.4. The molecule has 1 aliphatic rings. The number of ether oxygens (including phenoxy) is 1. The molecule has 0 unspecified atom stereocenters. The molecule has 178 valence electrons. The molecule has 34 heavy (non-hydrogen) atoms. The van der Waals surface area contributed by atoms with Crippen molar-refractivity contribution in [1.29, 1.82) is 0 Å². The van der Waals surface area contributed by atoms with E-state index in [-0.39, 0.29) is 17.9 Å². The van der Waals surface area contributed by atoms with E-state index in [4.69, 9.17) is 9.72 Å². The molecular weight excluding hydrogens is 536 g/mol. The van der Waals surface area contributed by atoms with Gasteiger partial charge in [0.1, 0.15) is 11.9 Å². The SMILES string of the molecule is COC(=O)N[C@H](C(=O)N1CCC[C@H]1c1nc2ccc(-c3csc4c(Br)csc34)cc2[nH]1)C(C)C. The van der Waals surface area contributed by atoms with Crippen LogP contribution in [-0.2, 0) is 9.53 Å². The highest BCUT2D eigenvalue weighted by molar-refractivity contribution is 9.10. The predicted octanol–water partition coefficient (Wildman–Crippen LogP) is 6.31. The molecule has 2 atom stereocenters. The van der Waals surface area contributed by atoms with Gasteiger partial charge in [0, 0.05) is 27.3 Å². The van der Waals surface area contributed by atoms with Crippen molar-refractivity contribution in [2.24, 2.45) is 5.92 Å². The summed E-state index contributed by atoms with van der Waals surface area (Å²) in [5, 5.41) is 7.02. The molecule has 0 spiro atoms. The smallest absolute Gasteiger partial charge is 0.407 e. The highest BCUT2D eigenvalue weighted by Crippen LogP contribution is 2.42. The van der Waals surface area contributed by atoms with E-state index in [0.29, 0.717) is 6.54 Å². The zero-order chi connectivity index (χ0) is 24.0. The van der Waals surface area contributed by atoms with E-state index in [2.05, 4.69) is 49.1 Å². The number of benzene rings is 1. The monoisotopic (exact) mass is 560 g/mol. The quantitative estimate of drug-likeness (QED) is 0.299. The van der Waals surface area contributed by atoms with Gasteiger partial charge in [-0.25, -0.2) is 9.78 Å². The Morgan fingerprint density at radius 3 is 2.82 bits per heavy atom. The molecule has 0 radical (unpaired) electrons. The van der Waals surface area contributed by atoms with E-state index in [1.54, 1.807) is 22.7 Å². The Balaban J connectivity index is 1.44. The summed E-state index contributed by atoms with van der Waals surface area (Å²) in [5.41, 5.74) is 4.20. The fourth-order valence-electron chi connectivity index (χ4n) is 4.54. The number of fused-ring (bicyclic) bond motifs is 2. The lowest BCUT2D eigenvalue weighted by atomic mass is 10.0. The first-order chi connectivity index (χ1) is 16.4. The van der Waals surface area contributed by atoms with Crippen molar-refractivity contribution < 1.29 is 14.3 Å². The Kier molecular flexibility index (Phi) is 6.39. The zero-order valence-electron chi connectivity index (χ0n) is 19.1. The summed E-state index contributed by atoms with van der Waals surface area (Å²) in [4.78, 5) is 35.3. The number of rotatable bonds is 5. The molecule has 10 heteroatoms. The van der Waals surface area contributed by atoms with Crippen LogP contribution in [0.15, 0.2) is 33.4 Å². The van der Waals surface area contributed by atoms with E-state index in [9.17, 15) is 9.59 Å². The summed E-state index contributed by atoms with van der Waals surface area (Å²) in [6.45, 7) is 4.47. The van der Waals surface area contributed by atoms with Gasteiger partial charge in [0.15, 0.2) is 0 Å². The molecule has 1 fully saturated rings. The Morgan fingerprint density at radius 1 is 1.26 bits per heavy atom. The van der Waals surface area contributed by atoms with Gasteiger partial charge in [-0.1, -0.05) is 19.9 Å². The molecule has 0 aliphatic carbocycles. The van der Waals surface area contributed by atoms with Gasteiger partial charge in [-0.05, 0) is 52.4 Å². The zero-order valence-corrected chi connectivity index (χ0v) is 22.3. The number of hydrogen-bond donors (Lipinski definition) is 2. The van der Waals surface area contributed by atoms with Gasteiger partial charge >= 0.3 is 6.09 Å². The number of nitrogens with one attached hydrogen (secondary N) is 2. The van der Waals surface area contributed by atoms with Gasteiger partial charge in [-0.3, -0.25) is 4.79 Å². The van der Waals surface area contributed by atoms with Crippen LogP contribution in [0.2, 0.25) is 0 Å². The molecule has 2 N–H and O–H groups in total. The third-order valence-corrected chi connectivity index (χ3v) is 9.64. The average molecular weight is 562 g/mol. The highest BCUT2D eigenvalue weighted by atomic mass is 79.9. The normalized spacial score (nSPS) is 17.1. The highest BCUT2D eigenvalue weighted by Gasteiger charge is 2.37. The predicted molar refractivity (Wildman–Crippen MR) is 140 cm³/mol. The lowest BCUT2D eigenvalue weighted by Crippen LogP contribution is -2.51. The molecule has 5 rings (SSSR count). The number of amides is 2. The number of nitrogens with zero attached hydrogens (tertiary/aromatic N) is 2. The van der Waals surface area contributed by atoms with Crippen molar-refractivity contribution in [3.63, 3.8) is 0 Å². The third-order valence-electron chi connectivity index (χ3n) is 6.30. The number of thiophene rings is 2. The van der Waals surface area contributed by atoms with Gasteiger partial charge < -0.3 is 19.9 Å². The lowest BCUT2D eigenvalue weighted by Gasteiger charge is -2.29. The van der Waals surface area contributed by atoms with Crippen LogP contribution in [0.1, 0.15) is 38.6 Å². The standard InChI is InChI=1S/C24H25BrN4O3S2/c1-12(2)19(28-24(31)32-3)23(30)29-8-4-5-18(29)22-26-16-7-6-13(9-17(16)27-22)14-10-33-21-15(25)11-34-20(14)21/h6-7,9-12,18-19H,4-5,8H2,1-3H3,(H,26,27)(H,28,31)/t18-,19-/m0/s1. The van der Waals surface area contributed by atoms with E-state index < -0.39 is 12.1 Å². The second-order valence-electron chi connectivity index (χ2n) is 8.79. The first kappa shape index (κ1) is 23.3. The van der Waals surface area contributed by atoms with Crippen LogP contribution >= 0.6 is 38.6 Å². The first-order valence-electron chi connectivity index (χ1n) is 11.2. The molecule has 2 amide bonds. The molecule has 7 nitrogen and oxygen atoms in total. The Morgan fingerprint density at radius 2 is 2.06 bits per heavy atom. The summed E-state index contributed by atoms with van der Waals surface area (Å²) >= 11 is 7.11. The summed E-state index contributed by atoms with van der Waals surface area (Å²) in [5.74, 6) is 0.617. The van der Waals surface area contributed by atoms with Gasteiger partial charge in [-0.2, -0.15) is 0 Å². The van der Waals surface area contributed by atoms with Crippen LogP contribution in [0.25, 0.3) is 31.6 Å². The molecule has 1 saturated heterocycles. The van der Waals surface area contributed by atoms with Crippen LogP contribution < -0.4 is 5.32 Å². The maximum absolute atomic E-state index is 13.4. The number of alkyl carbamates (subject to hydrolysis) is 1. The van der Waals surface area contributed by atoms with Crippen molar-refractivity contribution in [2.75, 3.05) is 13.7 Å². The molecule has 0 saturated carbocycles. The number of aromatic nitrogens is 2. The average Bonchev–Trinajstić information content (AvgIpc) is 3.60. The Bertz CT molecular complexity index is 1380. The van der Waals surface area contributed by atoms with Crippen LogP contribution in [0.4, 0.5) is 4.79 Å². The minimum atomic E-state index is -0.643. The summed E-state index contributed by atoms with van der Waals surface area (Å²) in [7, 11) is 1.30. The molecule has 4 aromatic rings. The molecular formula is C24H25BrN4O3S2. The van der Waals surface area contributed by atoms with Crippen molar-refractivity contribution in [2.45, 2.75) is 38.8 Å². The van der Waals surface area contributed by atoms with E-state index in [1.165, 1.54) is 22.1 Å². The molecule has 1 aromatic carbocycles. The number of carbonyl (C=O) groups is 2. The molecule has 3 aromatic heterocycles. The van der Waals surface area contributed by atoms with Gasteiger partial charge in [0.05, 0.1) is 33.6 Å². The molecule has 0 bridgehead atoms. The van der Waals surface area contributed by atoms with E-state index >= 15 is 0 Å². The maximum atomic E-state index is 13.4. The molecule has 1 aliphatic heterocycles. The maximum Gasteiger partial charge on any atom is 0.407 e. The van der Waals surface area contributed by atoms with E-state index in [1.807, 2.05) is 24.8 Å². The third kappa shape index (κ3) is 4.12. The van der Waals surface area contributed by atoms with Crippen molar-refractivity contribution >= 4 is 71.0 Å². The van der Waals surface area contributed by atoms with Gasteiger partial charge in [-0.15, -0.1) is 22.7 Å². The number of carbonyl (C=O) groups excluding carboxylic acids is 2. The van der Waals surface area contributed by atoms with Crippen LogP contribution in [0, 0.1) is 5.92 Å². The number of halogens is 1. The van der Waals surface area contributed by atoms with Crippen LogP contribution in [0.5, 0.6) is 0 Å². The van der Waals surface area contributed by atoms with Crippen molar-refractivity contribution in [3.05, 3.63) is 39.3 Å². The van der Waals surface area contributed by atoms with E-state index in [0.717, 1.165) is 39.7 Å². The summed E-state index contributed by atoms with van der Waals surface area (Å²) in [6, 6.07) is 5.49. The fraction of sp³-hybridized carbons (Fsp3) is 0.375. The summed E-state index contributed by atoms with van der Waals surface area (Å²) in [6.07, 6.45) is 1.12. The minimum Gasteiger partial charge on any atom is -0.453 e. The number of imidazole rings is 1. The minimum absolute atomic E-state index is 0.0641. The number of methoxy groups -OCH3 is 1. The molecule has 4 heterocycles. The first-order valence-corrected chi connectivity index (χ1v) is 13.7. The van der Waals surface area contributed by atoms with Gasteiger partial charge in [0.25, 0.3) is 0 Å². The number of hydrogen-bond acceptors (Lipinski definition) is 6. The second kappa shape index (κ2) is 9.31.